The van der Waals surface area contributed by atoms with Gasteiger partial charge in [-0.3, -0.25) is 20.4 Å². The van der Waals surface area contributed by atoms with Crippen LogP contribution in [0.15, 0.2) is 107 Å². The number of allylic oxidation sites excluding steroid dienone is 2. The number of carbonyl (C=O) groups is 2. The van der Waals surface area contributed by atoms with Crippen molar-refractivity contribution in [1.82, 2.24) is 0 Å². The number of hydrazone groups is 2. The zero-order valence-corrected chi connectivity index (χ0v) is 84.6. The standard InChI is InChI=1S/C33H26N8O14S4.4Li.16Na/c1-15-8-20(6-7-25(15)39-41-31-27(59(53,54)55)12-17-10-22(57(47,48)49)14-24(35)29(17)33(31)43)38-36-18-2-4-19(5-3-18)37-40-30-26(58(50,51)52)11-16-9-21(56(44,45)46)13-23(34)28(16)32(30)42;;;;;;;;;;;;;;;;;;;;/h2-14,37,39H,34-35H2,1H3,(H,44,45,46)(H,47,48,49)(H,50,51,52)(H,53,54,55);;;;;;;;;;;;;;;;;;;;/q;4*+1;;;;;;;;;;;;;;;;/p-4. The first-order valence-electron chi connectivity index (χ1n) is 15.9. The number of nitrogens with one attached hydrogen (secondary N) is 2. The van der Waals surface area contributed by atoms with Gasteiger partial charge in [-0.1, -0.05) is 0 Å². The molecule has 0 heterocycles. The summed E-state index contributed by atoms with van der Waals surface area (Å²) >= 11 is 0. The monoisotopic (exact) mass is 1280 g/mol. The first kappa shape index (κ1) is 127. The Hall–Kier alpha value is 11.9. The summed E-state index contributed by atoms with van der Waals surface area (Å²) in [4.78, 5) is 22.6. The maximum Gasteiger partial charge on any atom is 1.00 e. The summed E-state index contributed by atoms with van der Waals surface area (Å²) in [5.41, 5.74) is 13.8. The Morgan fingerprint density at radius 2 is 0.747 bits per heavy atom. The second-order valence-electron chi connectivity index (χ2n) is 12.3. The predicted octanol–water partition coefficient (Wildman–Crippen LogP) is -15.6. The molecule has 22 nitrogen and oxygen atoms in total. The Balaban J connectivity index is -0.000000158. The molecule has 0 aromatic heterocycles. The van der Waals surface area contributed by atoms with E-state index in [1.807, 2.05) is 0 Å². The minimum Gasteiger partial charge on any atom is -0.744 e. The third-order valence-electron chi connectivity index (χ3n) is 8.33. The molecular formula is C33H22Li4N8Na16O14S4. The molecule has 0 aliphatic heterocycles. The van der Waals surface area contributed by atoms with Gasteiger partial charge in [0.1, 0.15) is 51.9 Å². The number of hydrogen-bond donors (Lipinski definition) is 4. The average Bonchev–Trinajstić information content (AvgIpc) is 3.12. The molecule has 0 bridgehead atoms. The van der Waals surface area contributed by atoms with Gasteiger partial charge in [-0.2, -0.15) is 20.4 Å². The number of benzene rings is 4. The SMILES string of the molecule is Cc1cc(N=Nc2ccc(NN=C3C(=O)c4c(N)cc(S(=O)(=O)[O-])cc4C=C3S(=O)(=O)[O-])cc2)ccc1NN=C1C(=O)c2c(N)cc(S(=O)(=O)[O-])cc2C=C1S(=O)(=O)[O-].[Li+].[Li+].[Li+].[Li+].[Na].[Na].[Na].[Na].[Na].[Na].[Na].[Na].[Na].[Na].[Na].[Na].[Na].[Na].[Na].[Na]. The molecule has 6 rings (SSSR count). The first-order valence-corrected chi connectivity index (χ1v) is 21.5. The molecule has 0 saturated carbocycles. The van der Waals surface area contributed by atoms with Gasteiger partial charge in [0.25, 0.3) is 0 Å². The number of azo groups is 1. The summed E-state index contributed by atoms with van der Waals surface area (Å²) in [7, 11) is -20.8. The summed E-state index contributed by atoms with van der Waals surface area (Å²) in [6.45, 7) is 1.59. The van der Waals surface area contributed by atoms with Crippen molar-refractivity contribution in [3.8, 4) is 0 Å². The van der Waals surface area contributed by atoms with E-state index in [2.05, 4.69) is 31.3 Å². The van der Waals surface area contributed by atoms with Crippen LogP contribution in [-0.4, -0.2) is 548 Å². The quantitative estimate of drug-likeness (QED) is 0.0377. The number of anilines is 4. The molecule has 0 spiro atoms. The van der Waals surface area contributed by atoms with Crippen LogP contribution in [0.25, 0.3) is 12.2 Å². The number of nitrogen functional groups attached to an aromatic ring is 2. The largest absolute Gasteiger partial charge is 1.00 e. The van der Waals surface area contributed by atoms with Crippen molar-refractivity contribution in [1.29, 1.82) is 0 Å². The second kappa shape index (κ2) is 56.7. The van der Waals surface area contributed by atoms with E-state index in [-0.39, 0.29) is 588 Å². The van der Waals surface area contributed by atoms with E-state index in [1.54, 1.807) is 6.92 Å². The first-order chi connectivity index (χ1) is 27.3. The van der Waals surface area contributed by atoms with E-state index in [1.165, 1.54) is 42.5 Å². The van der Waals surface area contributed by atoms with Crippen LogP contribution in [0.4, 0.5) is 34.1 Å². The number of ketones is 2. The fourth-order valence-electron chi connectivity index (χ4n) is 5.62. The van der Waals surface area contributed by atoms with E-state index in [0.717, 1.165) is 12.1 Å². The van der Waals surface area contributed by atoms with Crippen LogP contribution in [0.5, 0.6) is 0 Å². The Morgan fingerprint density at radius 3 is 1.06 bits per heavy atom. The maximum atomic E-state index is 13.3. The van der Waals surface area contributed by atoms with Crippen molar-refractivity contribution < 1.29 is 137 Å². The number of nitrogens with two attached hydrogens (primary N) is 2. The molecule has 0 saturated heterocycles. The Morgan fingerprint density at radius 1 is 0.430 bits per heavy atom. The van der Waals surface area contributed by atoms with Gasteiger partial charge >= 0.3 is 75.4 Å². The number of nitrogens with zero attached hydrogens (tertiary/aromatic N) is 4. The van der Waals surface area contributed by atoms with Gasteiger partial charge < -0.3 is 29.7 Å². The Bertz CT molecular complexity index is 3240. The minimum absolute atomic E-state index is 0. The Labute approximate surface area is 861 Å². The molecule has 16 radical (unpaired) electrons. The zero-order valence-electron chi connectivity index (χ0n) is 49.3. The van der Waals surface area contributed by atoms with Gasteiger partial charge in [0.2, 0.25) is 11.6 Å². The van der Waals surface area contributed by atoms with Crippen molar-refractivity contribution in [2.45, 2.75) is 16.7 Å². The van der Waals surface area contributed by atoms with Crippen molar-refractivity contribution in [3.63, 3.8) is 0 Å². The van der Waals surface area contributed by atoms with Gasteiger partial charge in [-0.05, 0) is 102 Å². The molecule has 0 unspecified atom stereocenters. The third-order valence-corrected chi connectivity index (χ3v) is 11.7. The van der Waals surface area contributed by atoms with Crippen LogP contribution in [0.2, 0.25) is 0 Å². The van der Waals surface area contributed by atoms with Gasteiger partial charge in [0.15, 0.2) is 0 Å². The third kappa shape index (κ3) is 36.5. The topological polar surface area (TPSA) is 388 Å². The van der Waals surface area contributed by atoms with Crippen molar-refractivity contribution in [2.24, 2.45) is 20.4 Å². The summed E-state index contributed by atoms with van der Waals surface area (Å²) in [6, 6.07) is 13.0. The number of carbonyl (C=O) groups excluding carboxylic acids is 2. The van der Waals surface area contributed by atoms with Crippen molar-refractivity contribution in [3.05, 3.63) is 104 Å². The summed E-state index contributed by atoms with van der Waals surface area (Å²) in [5.74, 6) is -2.28. The van der Waals surface area contributed by atoms with Gasteiger partial charge in [-0.15, -0.1) is 0 Å². The fraction of sp³-hybridized carbons (Fsp3) is 0.0303. The number of rotatable bonds is 10. The van der Waals surface area contributed by atoms with Crippen molar-refractivity contribution in [2.75, 3.05) is 22.3 Å². The number of hydrogen-bond acceptors (Lipinski definition) is 22. The van der Waals surface area contributed by atoms with E-state index in [4.69, 9.17) is 11.5 Å². The normalized spacial score (nSPS) is 12.1. The minimum atomic E-state index is -5.37. The Kier molecular flexibility index (Phi) is 91.5. The van der Waals surface area contributed by atoms with Gasteiger partial charge in [-0.25, -0.2) is 33.7 Å². The summed E-state index contributed by atoms with van der Waals surface area (Å²) in [6.07, 6.45) is 1.37. The van der Waals surface area contributed by atoms with Crippen LogP contribution in [0, 0.1) is 6.92 Å². The molecule has 4 aromatic carbocycles. The van der Waals surface area contributed by atoms with Crippen LogP contribution < -0.4 is 97.8 Å². The molecule has 46 heteroatoms. The molecule has 4 aromatic rings. The smallest absolute Gasteiger partial charge is 0.744 e. The zero-order chi connectivity index (χ0) is 43.4. The molecule has 322 valence electrons. The van der Waals surface area contributed by atoms with Crippen LogP contribution in [0.1, 0.15) is 37.4 Å². The molecule has 0 atom stereocenters. The second-order valence-corrected chi connectivity index (χ2v) is 17.8. The van der Waals surface area contributed by atoms with Crippen LogP contribution in [-0.2, 0) is 40.5 Å². The van der Waals surface area contributed by atoms with Gasteiger partial charge in [0.05, 0.1) is 53.5 Å². The van der Waals surface area contributed by atoms with E-state index in [9.17, 15) is 61.5 Å². The van der Waals surface area contributed by atoms with Crippen LogP contribution in [0.3, 0.4) is 0 Å². The van der Waals surface area contributed by atoms with Crippen LogP contribution >= 0.6 is 0 Å². The predicted molar refractivity (Wildman–Crippen MR) is 298 cm³/mol. The molecule has 0 amide bonds. The molecule has 2 aliphatic rings. The summed E-state index contributed by atoms with van der Waals surface area (Å²) in [5, 5.41) is 15.8. The average molecular weight is 1280 g/mol. The number of aryl methyl sites for hydroxylation is 1. The number of Topliss-reactive ketones (excluding diaryl/α,β-unsaturated/α-hetero) is 2. The molecule has 6 N–H and O–H groups in total. The van der Waals surface area contributed by atoms with E-state index >= 15 is 0 Å². The molecule has 0 fully saturated rings. The van der Waals surface area contributed by atoms with Crippen molar-refractivity contribution >= 4 is 583 Å². The van der Waals surface area contributed by atoms with Gasteiger partial charge in [0, 0.05) is 484 Å². The fourth-order valence-corrected chi connectivity index (χ4v) is 8.00. The summed E-state index contributed by atoms with van der Waals surface area (Å²) < 4.78 is 141. The molecular weight excluding hydrogens is 1260 g/mol. The maximum absolute atomic E-state index is 13.3. The van der Waals surface area contributed by atoms with E-state index < -0.39 is 94.4 Å². The van der Waals surface area contributed by atoms with E-state index in [0.29, 0.717) is 35.5 Å². The number of fused-ring (bicyclic) bond motifs is 2. The molecule has 2 aliphatic carbocycles. The molecule has 79 heavy (non-hydrogen) atoms.